The number of hydrogen-bond acceptors (Lipinski definition) is 4. The topological polar surface area (TPSA) is 56.5 Å². The van der Waals surface area contributed by atoms with Gasteiger partial charge in [-0.2, -0.15) is 0 Å². The van der Waals surface area contributed by atoms with Crippen LogP contribution in [0.4, 0.5) is 0 Å². The lowest BCUT2D eigenvalue weighted by Crippen LogP contribution is -2.24. The van der Waals surface area contributed by atoms with Crippen LogP contribution in [0.2, 0.25) is 5.02 Å². The largest absolute Gasteiger partial charge is 0.491 e. The van der Waals surface area contributed by atoms with Gasteiger partial charge in [0, 0.05) is 12.1 Å². The normalized spacial score (nSPS) is 12.5. The number of hydrogen-bond donors (Lipinski definition) is 1. The third-order valence-corrected chi connectivity index (χ3v) is 4.40. The van der Waals surface area contributed by atoms with Crippen LogP contribution in [0.25, 0.3) is 11.0 Å². The number of fused-ring (bicyclic) bond motifs is 1. The fourth-order valence-corrected chi connectivity index (χ4v) is 2.85. The fourth-order valence-electron chi connectivity index (χ4n) is 2.73. The number of nitrogens with zero attached hydrogens (tertiary/aromatic N) is 2. The minimum atomic E-state index is -0.677. The number of aliphatic hydroxyl groups is 1. The SMILES string of the molecule is COCc1nc2ccccc2n1CC(O)COc1ccc(Cl)c(C)c1. The Hall–Kier alpha value is -2.08. The molecule has 3 rings (SSSR count). The molecule has 0 aliphatic heterocycles. The van der Waals surface area contributed by atoms with Crippen molar-refractivity contribution in [2.24, 2.45) is 0 Å². The molecular formula is C19H21ClN2O3. The Kier molecular flexibility index (Phi) is 5.58. The smallest absolute Gasteiger partial charge is 0.136 e. The van der Waals surface area contributed by atoms with Gasteiger partial charge in [0.2, 0.25) is 0 Å². The average Bonchev–Trinajstić information content (AvgIpc) is 2.94. The number of aryl methyl sites for hydroxylation is 1. The molecule has 0 aliphatic rings. The molecule has 5 nitrogen and oxygen atoms in total. The summed E-state index contributed by atoms with van der Waals surface area (Å²) in [4.78, 5) is 4.57. The molecule has 3 aromatic rings. The molecule has 0 amide bonds. The molecule has 0 bridgehead atoms. The molecular weight excluding hydrogens is 340 g/mol. The van der Waals surface area contributed by atoms with Gasteiger partial charge in [-0.25, -0.2) is 4.98 Å². The second kappa shape index (κ2) is 7.87. The Balaban J connectivity index is 1.71. The number of methoxy groups -OCH3 is 1. The molecule has 1 N–H and O–H groups in total. The van der Waals surface area contributed by atoms with Crippen molar-refractivity contribution in [2.75, 3.05) is 13.7 Å². The highest BCUT2D eigenvalue weighted by Gasteiger charge is 2.14. The summed E-state index contributed by atoms with van der Waals surface area (Å²) in [5.41, 5.74) is 2.79. The zero-order valence-electron chi connectivity index (χ0n) is 14.3. The third kappa shape index (κ3) is 4.12. The maximum Gasteiger partial charge on any atom is 0.136 e. The van der Waals surface area contributed by atoms with Gasteiger partial charge in [-0.1, -0.05) is 23.7 Å². The van der Waals surface area contributed by atoms with Crippen molar-refractivity contribution in [3.05, 3.63) is 58.9 Å². The lowest BCUT2D eigenvalue weighted by atomic mass is 10.2. The van der Waals surface area contributed by atoms with E-state index < -0.39 is 6.10 Å². The van der Waals surface area contributed by atoms with E-state index in [4.69, 9.17) is 21.1 Å². The Morgan fingerprint density at radius 1 is 1.24 bits per heavy atom. The van der Waals surface area contributed by atoms with Gasteiger partial charge in [-0.3, -0.25) is 0 Å². The lowest BCUT2D eigenvalue weighted by Gasteiger charge is -2.16. The van der Waals surface area contributed by atoms with Gasteiger partial charge in [0.1, 0.15) is 30.9 Å². The Labute approximate surface area is 151 Å². The summed E-state index contributed by atoms with van der Waals surface area (Å²) in [7, 11) is 1.63. The van der Waals surface area contributed by atoms with E-state index in [9.17, 15) is 5.11 Å². The van der Waals surface area contributed by atoms with Crippen LogP contribution in [0.15, 0.2) is 42.5 Å². The summed E-state index contributed by atoms with van der Waals surface area (Å²) in [6.45, 7) is 2.87. The van der Waals surface area contributed by atoms with E-state index in [1.54, 1.807) is 19.2 Å². The highest BCUT2D eigenvalue weighted by Crippen LogP contribution is 2.22. The van der Waals surface area contributed by atoms with Crippen molar-refractivity contribution in [1.82, 2.24) is 9.55 Å². The molecule has 132 valence electrons. The van der Waals surface area contributed by atoms with Gasteiger partial charge in [0.25, 0.3) is 0 Å². The van der Waals surface area contributed by atoms with Crippen LogP contribution < -0.4 is 4.74 Å². The van der Waals surface area contributed by atoms with Crippen LogP contribution in [-0.4, -0.2) is 34.5 Å². The molecule has 0 radical (unpaired) electrons. The predicted octanol–water partition coefficient (Wildman–Crippen LogP) is 3.58. The van der Waals surface area contributed by atoms with Gasteiger partial charge in [0.15, 0.2) is 0 Å². The second-order valence-electron chi connectivity index (χ2n) is 5.94. The fraction of sp³-hybridized carbons (Fsp3) is 0.316. The monoisotopic (exact) mass is 360 g/mol. The zero-order valence-corrected chi connectivity index (χ0v) is 15.0. The standard InChI is InChI=1S/C19H21ClN2O3/c1-13-9-15(7-8-16(13)20)25-11-14(23)10-22-18-6-4-3-5-17(18)21-19(22)12-24-2/h3-9,14,23H,10-12H2,1-2H3. The van der Waals surface area contributed by atoms with Gasteiger partial charge in [-0.15, -0.1) is 0 Å². The number of ether oxygens (including phenoxy) is 2. The van der Waals surface area contributed by atoms with E-state index in [2.05, 4.69) is 4.98 Å². The summed E-state index contributed by atoms with van der Waals surface area (Å²) in [6.07, 6.45) is -0.677. The first-order valence-corrected chi connectivity index (χ1v) is 8.46. The Bertz CT molecular complexity index is 863. The van der Waals surface area contributed by atoms with E-state index >= 15 is 0 Å². The van der Waals surface area contributed by atoms with E-state index in [0.29, 0.717) is 23.9 Å². The maximum atomic E-state index is 10.4. The number of imidazole rings is 1. The van der Waals surface area contributed by atoms with Crippen LogP contribution in [0.1, 0.15) is 11.4 Å². The number of benzene rings is 2. The van der Waals surface area contributed by atoms with E-state index in [1.165, 1.54) is 0 Å². The number of halogens is 1. The second-order valence-corrected chi connectivity index (χ2v) is 6.34. The Morgan fingerprint density at radius 2 is 2.04 bits per heavy atom. The van der Waals surface area contributed by atoms with Crippen LogP contribution in [0.5, 0.6) is 5.75 Å². The predicted molar refractivity (Wildman–Crippen MR) is 98.1 cm³/mol. The summed E-state index contributed by atoms with van der Waals surface area (Å²) < 4.78 is 12.9. The van der Waals surface area contributed by atoms with E-state index in [0.717, 1.165) is 22.4 Å². The van der Waals surface area contributed by atoms with Crippen molar-refractivity contribution in [2.45, 2.75) is 26.2 Å². The minimum absolute atomic E-state index is 0.181. The maximum absolute atomic E-state index is 10.4. The molecule has 0 saturated carbocycles. The van der Waals surface area contributed by atoms with Gasteiger partial charge in [-0.05, 0) is 42.8 Å². The highest BCUT2D eigenvalue weighted by atomic mass is 35.5. The zero-order chi connectivity index (χ0) is 17.8. The summed E-state index contributed by atoms with van der Waals surface area (Å²) in [5, 5.41) is 11.1. The molecule has 6 heteroatoms. The van der Waals surface area contributed by atoms with Crippen molar-refractivity contribution in [3.8, 4) is 5.75 Å². The first-order valence-electron chi connectivity index (χ1n) is 8.08. The number of aliphatic hydroxyl groups excluding tert-OH is 1. The summed E-state index contributed by atoms with van der Waals surface area (Å²) >= 11 is 6.01. The van der Waals surface area contributed by atoms with Gasteiger partial charge < -0.3 is 19.1 Å². The lowest BCUT2D eigenvalue weighted by molar-refractivity contribution is 0.0901. The molecule has 0 aliphatic carbocycles. The first-order chi connectivity index (χ1) is 12.1. The number of para-hydroxylation sites is 2. The van der Waals surface area contributed by atoms with Crippen molar-refractivity contribution in [1.29, 1.82) is 0 Å². The van der Waals surface area contributed by atoms with Gasteiger partial charge in [0.05, 0.1) is 17.6 Å². The number of rotatable bonds is 7. The Morgan fingerprint density at radius 3 is 2.80 bits per heavy atom. The van der Waals surface area contributed by atoms with Gasteiger partial charge >= 0.3 is 0 Å². The minimum Gasteiger partial charge on any atom is -0.491 e. The van der Waals surface area contributed by atoms with E-state index in [-0.39, 0.29) is 6.61 Å². The molecule has 1 heterocycles. The van der Waals surface area contributed by atoms with Crippen LogP contribution >= 0.6 is 11.6 Å². The molecule has 1 unspecified atom stereocenters. The first kappa shape index (κ1) is 17.7. The van der Waals surface area contributed by atoms with Crippen LogP contribution in [-0.2, 0) is 17.9 Å². The molecule has 0 spiro atoms. The van der Waals surface area contributed by atoms with E-state index in [1.807, 2.05) is 41.8 Å². The van der Waals surface area contributed by atoms with Crippen molar-refractivity contribution in [3.63, 3.8) is 0 Å². The summed E-state index contributed by atoms with van der Waals surface area (Å²) in [6, 6.07) is 13.3. The van der Waals surface area contributed by atoms with Crippen LogP contribution in [0.3, 0.4) is 0 Å². The van der Waals surface area contributed by atoms with Crippen LogP contribution in [0, 0.1) is 6.92 Å². The molecule has 0 fully saturated rings. The highest BCUT2D eigenvalue weighted by molar-refractivity contribution is 6.31. The quantitative estimate of drug-likeness (QED) is 0.699. The van der Waals surface area contributed by atoms with Crippen molar-refractivity contribution < 1.29 is 14.6 Å². The molecule has 1 aromatic heterocycles. The molecule has 1 atom stereocenters. The molecule has 0 saturated heterocycles. The molecule has 25 heavy (non-hydrogen) atoms. The molecule has 2 aromatic carbocycles. The third-order valence-electron chi connectivity index (χ3n) is 3.97. The van der Waals surface area contributed by atoms with Crippen molar-refractivity contribution >= 4 is 22.6 Å². The number of aromatic nitrogens is 2. The average molecular weight is 361 g/mol. The summed E-state index contributed by atoms with van der Waals surface area (Å²) in [5.74, 6) is 1.47.